The molecule has 0 bridgehead atoms. The topological polar surface area (TPSA) is 63.9 Å². The lowest BCUT2D eigenvalue weighted by Crippen LogP contribution is -2.43. The summed E-state index contributed by atoms with van der Waals surface area (Å²) in [7, 11) is 3.05. The highest BCUT2D eigenvalue weighted by Gasteiger charge is 2.24. The molecule has 0 saturated carbocycles. The molecule has 0 amide bonds. The Bertz CT molecular complexity index is 1090. The van der Waals surface area contributed by atoms with Crippen molar-refractivity contribution in [2.75, 3.05) is 32.2 Å². The van der Waals surface area contributed by atoms with E-state index < -0.39 is 11.4 Å². The van der Waals surface area contributed by atoms with Crippen LogP contribution in [0.3, 0.4) is 0 Å². The average Bonchev–Trinajstić information content (AvgIpc) is 2.77. The first-order valence-corrected chi connectivity index (χ1v) is 10.0. The SMILES string of the molecule is COc1ccc2oc(=O)cc(N(Cc3ccc(OC)c(F)c3)C3CCNCC3)c2c1. The Hall–Kier alpha value is -3.06. The molecule has 1 fully saturated rings. The largest absolute Gasteiger partial charge is 0.497 e. The van der Waals surface area contributed by atoms with Crippen molar-refractivity contribution >= 4 is 16.7 Å². The molecule has 6 nitrogen and oxygen atoms in total. The van der Waals surface area contributed by atoms with Crippen LogP contribution in [0.4, 0.5) is 10.1 Å². The average molecular weight is 412 g/mol. The monoisotopic (exact) mass is 412 g/mol. The fourth-order valence-electron chi connectivity index (χ4n) is 4.02. The Labute approximate surface area is 174 Å². The van der Waals surface area contributed by atoms with E-state index in [0.717, 1.165) is 42.6 Å². The summed E-state index contributed by atoms with van der Waals surface area (Å²) in [6.07, 6.45) is 1.84. The van der Waals surface area contributed by atoms with Gasteiger partial charge in [0.2, 0.25) is 0 Å². The van der Waals surface area contributed by atoms with Gasteiger partial charge in [0.05, 0.1) is 19.9 Å². The molecule has 1 aliphatic heterocycles. The summed E-state index contributed by atoms with van der Waals surface area (Å²) in [5.41, 5.74) is 1.65. The Morgan fingerprint density at radius 2 is 1.90 bits per heavy atom. The predicted octanol–water partition coefficient (Wildman–Crippen LogP) is 3.71. The third-order valence-corrected chi connectivity index (χ3v) is 5.56. The minimum Gasteiger partial charge on any atom is -0.497 e. The third kappa shape index (κ3) is 4.11. The predicted molar refractivity (Wildman–Crippen MR) is 114 cm³/mol. The highest BCUT2D eigenvalue weighted by molar-refractivity contribution is 5.91. The van der Waals surface area contributed by atoms with Crippen LogP contribution in [0.25, 0.3) is 11.0 Å². The van der Waals surface area contributed by atoms with Gasteiger partial charge in [0.1, 0.15) is 11.3 Å². The van der Waals surface area contributed by atoms with E-state index in [-0.39, 0.29) is 11.8 Å². The molecule has 1 aromatic heterocycles. The van der Waals surface area contributed by atoms with Gasteiger partial charge in [-0.05, 0) is 61.8 Å². The van der Waals surface area contributed by atoms with E-state index in [4.69, 9.17) is 13.9 Å². The molecule has 1 N–H and O–H groups in total. The number of benzene rings is 2. The first-order chi connectivity index (χ1) is 14.6. The maximum absolute atomic E-state index is 14.3. The van der Waals surface area contributed by atoms with Crippen molar-refractivity contribution < 1.29 is 18.3 Å². The Morgan fingerprint density at radius 1 is 1.10 bits per heavy atom. The third-order valence-electron chi connectivity index (χ3n) is 5.56. The molecule has 4 rings (SSSR count). The number of fused-ring (bicyclic) bond motifs is 1. The Balaban J connectivity index is 1.81. The molecule has 7 heteroatoms. The number of nitrogens with zero attached hydrogens (tertiary/aromatic N) is 1. The molecule has 0 radical (unpaired) electrons. The van der Waals surface area contributed by atoms with Gasteiger partial charge in [-0.15, -0.1) is 0 Å². The number of ether oxygens (including phenoxy) is 2. The lowest BCUT2D eigenvalue weighted by atomic mass is 10.0. The molecule has 30 heavy (non-hydrogen) atoms. The number of nitrogens with one attached hydrogen (secondary N) is 1. The van der Waals surface area contributed by atoms with Crippen molar-refractivity contribution in [2.24, 2.45) is 0 Å². The number of hydrogen-bond donors (Lipinski definition) is 1. The van der Waals surface area contributed by atoms with E-state index in [0.29, 0.717) is 17.9 Å². The lowest BCUT2D eigenvalue weighted by Gasteiger charge is -2.37. The fourth-order valence-corrected chi connectivity index (χ4v) is 4.02. The second kappa shape index (κ2) is 8.75. The lowest BCUT2D eigenvalue weighted by molar-refractivity contribution is 0.385. The van der Waals surface area contributed by atoms with E-state index >= 15 is 0 Å². The van der Waals surface area contributed by atoms with Crippen molar-refractivity contribution in [1.82, 2.24) is 5.32 Å². The van der Waals surface area contributed by atoms with E-state index in [1.165, 1.54) is 19.2 Å². The highest BCUT2D eigenvalue weighted by Crippen LogP contribution is 2.33. The summed E-state index contributed by atoms with van der Waals surface area (Å²) in [5, 5.41) is 4.17. The number of halogens is 1. The first kappa shape index (κ1) is 20.2. The van der Waals surface area contributed by atoms with E-state index in [9.17, 15) is 9.18 Å². The smallest absolute Gasteiger partial charge is 0.338 e. The first-order valence-electron chi connectivity index (χ1n) is 10.0. The van der Waals surface area contributed by atoms with Gasteiger partial charge in [-0.3, -0.25) is 0 Å². The van der Waals surface area contributed by atoms with Crippen LogP contribution in [0, 0.1) is 5.82 Å². The second-order valence-corrected chi connectivity index (χ2v) is 7.39. The molecule has 3 aromatic rings. The maximum atomic E-state index is 14.3. The van der Waals surface area contributed by atoms with Crippen LogP contribution in [-0.2, 0) is 6.54 Å². The molecular formula is C23H25FN2O4. The number of piperidine rings is 1. The zero-order valence-corrected chi connectivity index (χ0v) is 17.1. The van der Waals surface area contributed by atoms with Crippen LogP contribution in [0.15, 0.2) is 51.7 Å². The van der Waals surface area contributed by atoms with Crippen molar-refractivity contribution in [3.8, 4) is 11.5 Å². The quantitative estimate of drug-likeness (QED) is 0.623. The summed E-state index contributed by atoms with van der Waals surface area (Å²) in [5.74, 6) is 0.487. The van der Waals surface area contributed by atoms with Gasteiger partial charge in [-0.1, -0.05) is 6.07 Å². The van der Waals surface area contributed by atoms with Crippen LogP contribution in [0.5, 0.6) is 11.5 Å². The van der Waals surface area contributed by atoms with Crippen molar-refractivity contribution in [3.63, 3.8) is 0 Å². The van der Waals surface area contributed by atoms with Gasteiger partial charge in [0.25, 0.3) is 0 Å². The van der Waals surface area contributed by atoms with Gasteiger partial charge in [0.15, 0.2) is 11.6 Å². The van der Waals surface area contributed by atoms with Crippen molar-refractivity contribution in [1.29, 1.82) is 0 Å². The van der Waals surface area contributed by atoms with Crippen LogP contribution >= 0.6 is 0 Å². The second-order valence-electron chi connectivity index (χ2n) is 7.39. The summed E-state index contributed by atoms with van der Waals surface area (Å²) in [6.45, 7) is 2.24. The van der Waals surface area contributed by atoms with Crippen molar-refractivity contribution in [3.05, 3.63) is 64.3 Å². The van der Waals surface area contributed by atoms with Crippen LogP contribution < -0.4 is 25.3 Å². The van der Waals surface area contributed by atoms with Crippen LogP contribution in [-0.4, -0.2) is 33.4 Å². The Morgan fingerprint density at radius 3 is 2.60 bits per heavy atom. The van der Waals surface area contributed by atoms with E-state index in [1.807, 2.05) is 12.1 Å². The molecular weight excluding hydrogens is 387 g/mol. The van der Waals surface area contributed by atoms with Crippen molar-refractivity contribution in [2.45, 2.75) is 25.4 Å². The molecule has 0 atom stereocenters. The Kier molecular flexibility index (Phi) is 5.90. The number of hydrogen-bond acceptors (Lipinski definition) is 6. The normalized spacial score (nSPS) is 14.6. The standard InChI is InChI=1S/C23H25FN2O4/c1-28-17-4-6-21-18(12-17)20(13-23(27)30-21)26(16-7-9-25-10-8-16)14-15-3-5-22(29-2)19(24)11-15/h3-6,11-13,16,25H,7-10,14H2,1-2H3. The summed E-state index contributed by atoms with van der Waals surface area (Å²) in [6, 6.07) is 12.1. The van der Waals surface area contributed by atoms with Gasteiger partial charge in [-0.2, -0.15) is 0 Å². The summed E-state index contributed by atoms with van der Waals surface area (Å²) < 4.78 is 30.2. The van der Waals surface area contributed by atoms with E-state index in [2.05, 4.69) is 10.2 Å². The van der Waals surface area contributed by atoms with E-state index in [1.54, 1.807) is 25.3 Å². The number of rotatable bonds is 6. The molecule has 1 saturated heterocycles. The van der Waals surface area contributed by atoms with Gasteiger partial charge in [0, 0.05) is 24.0 Å². The van der Waals surface area contributed by atoms with Crippen LogP contribution in [0.2, 0.25) is 0 Å². The summed E-state index contributed by atoms with van der Waals surface area (Å²) >= 11 is 0. The zero-order chi connectivity index (χ0) is 21.1. The van der Waals surface area contributed by atoms with Gasteiger partial charge < -0.3 is 24.1 Å². The summed E-state index contributed by atoms with van der Waals surface area (Å²) in [4.78, 5) is 14.5. The molecule has 0 aliphatic carbocycles. The van der Waals surface area contributed by atoms with Gasteiger partial charge in [-0.25, -0.2) is 9.18 Å². The van der Waals surface area contributed by atoms with Gasteiger partial charge >= 0.3 is 5.63 Å². The van der Waals surface area contributed by atoms with Crippen LogP contribution in [0.1, 0.15) is 18.4 Å². The zero-order valence-electron chi connectivity index (χ0n) is 17.1. The molecule has 2 aromatic carbocycles. The molecule has 158 valence electrons. The molecule has 0 spiro atoms. The molecule has 0 unspecified atom stereocenters. The maximum Gasteiger partial charge on any atom is 0.338 e. The highest BCUT2D eigenvalue weighted by atomic mass is 19.1. The molecule has 1 aliphatic rings. The fraction of sp³-hybridized carbons (Fsp3) is 0.348. The minimum absolute atomic E-state index is 0.201. The minimum atomic E-state index is -0.414. The molecule has 2 heterocycles. The number of methoxy groups -OCH3 is 2. The number of anilines is 1.